The van der Waals surface area contributed by atoms with Gasteiger partial charge in [0.2, 0.25) is 29.5 Å². The zero-order chi connectivity index (χ0) is 38.3. The lowest BCUT2D eigenvalue weighted by atomic mass is 10.0. The van der Waals surface area contributed by atoms with Crippen LogP contribution in [0.15, 0.2) is 76.7 Å². The summed E-state index contributed by atoms with van der Waals surface area (Å²) in [7, 11) is 0. The molecule has 0 spiro atoms. The minimum absolute atomic E-state index is 0.0436. The molecule has 0 saturated carbocycles. The van der Waals surface area contributed by atoms with Crippen molar-refractivity contribution in [2.75, 3.05) is 19.6 Å². The number of nitrogens with one attached hydrogen (secondary N) is 5. The molecule has 53 heavy (non-hydrogen) atoms. The topological polar surface area (TPSA) is 274 Å². The van der Waals surface area contributed by atoms with E-state index < -0.39 is 66.1 Å². The Morgan fingerprint density at radius 3 is 1.72 bits per heavy atom. The highest BCUT2D eigenvalue weighted by Crippen LogP contribution is 2.17. The number of amides is 5. The number of carbonyl (C=O) groups is 5. The second-order valence-electron chi connectivity index (χ2n) is 12.6. The van der Waals surface area contributed by atoms with Crippen LogP contribution in [0.2, 0.25) is 0 Å². The molecule has 0 aromatic heterocycles. The Morgan fingerprint density at radius 1 is 0.604 bits per heavy atom. The first-order valence-electron chi connectivity index (χ1n) is 17.2. The van der Waals surface area contributed by atoms with Gasteiger partial charge in [0.25, 0.3) is 0 Å². The van der Waals surface area contributed by atoms with Gasteiger partial charge < -0.3 is 49.5 Å². The summed E-state index contributed by atoms with van der Waals surface area (Å²) in [4.78, 5) is 76.3. The summed E-state index contributed by atoms with van der Waals surface area (Å²) in [5, 5.41) is 15.2. The number of fused-ring (bicyclic) bond motifs is 1. The van der Waals surface area contributed by atoms with Gasteiger partial charge in [-0.25, -0.2) is 4.39 Å². The summed E-state index contributed by atoms with van der Waals surface area (Å²) in [6.45, 7) is -0.258. The molecule has 3 aromatic carbocycles. The predicted molar refractivity (Wildman–Crippen MR) is 198 cm³/mol. The minimum Gasteiger partial charge on any atom is -0.370 e. The number of hydrogen-bond acceptors (Lipinski definition) is 7. The third-order valence-corrected chi connectivity index (χ3v) is 8.45. The first-order valence-corrected chi connectivity index (χ1v) is 17.2. The van der Waals surface area contributed by atoms with E-state index in [4.69, 9.17) is 22.9 Å². The van der Waals surface area contributed by atoms with E-state index in [2.05, 4.69) is 36.6 Å². The lowest BCUT2D eigenvalue weighted by molar-refractivity contribution is -0.134. The van der Waals surface area contributed by atoms with E-state index in [1.807, 2.05) is 42.5 Å². The van der Waals surface area contributed by atoms with Gasteiger partial charge in [-0.05, 0) is 59.7 Å². The number of nitrogens with zero attached hydrogens (tertiary/aromatic N) is 2. The fourth-order valence-electron chi connectivity index (χ4n) is 5.82. The van der Waals surface area contributed by atoms with Crippen LogP contribution in [0.4, 0.5) is 4.39 Å². The van der Waals surface area contributed by atoms with E-state index in [0.717, 1.165) is 16.3 Å². The molecule has 0 aliphatic carbocycles. The first-order chi connectivity index (χ1) is 25.4. The predicted octanol–water partition coefficient (Wildman–Crippen LogP) is -1.06. The van der Waals surface area contributed by atoms with Crippen LogP contribution in [0.25, 0.3) is 10.8 Å². The van der Waals surface area contributed by atoms with Gasteiger partial charge >= 0.3 is 0 Å². The van der Waals surface area contributed by atoms with Crippen molar-refractivity contribution >= 4 is 52.2 Å². The maximum absolute atomic E-state index is 14.1. The highest BCUT2D eigenvalue weighted by Gasteiger charge is 2.32. The van der Waals surface area contributed by atoms with E-state index in [-0.39, 0.29) is 63.5 Å². The molecule has 1 aliphatic heterocycles. The van der Waals surface area contributed by atoms with E-state index in [1.54, 1.807) is 6.07 Å². The van der Waals surface area contributed by atoms with Crippen molar-refractivity contribution in [2.24, 2.45) is 32.9 Å². The van der Waals surface area contributed by atoms with Crippen molar-refractivity contribution in [1.82, 2.24) is 26.6 Å². The molecule has 5 amide bonds. The van der Waals surface area contributed by atoms with Crippen molar-refractivity contribution in [3.63, 3.8) is 0 Å². The number of rotatable bonds is 12. The van der Waals surface area contributed by atoms with Crippen molar-refractivity contribution in [3.8, 4) is 0 Å². The van der Waals surface area contributed by atoms with Gasteiger partial charge in [0.15, 0.2) is 11.9 Å². The van der Waals surface area contributed by atoms with E-state index in [0.29, 0.717) is 5.56 Å². The Labute approximate surface area is 305 Å². The van der Waals surface area contributed by atoms with Crippen LogP contribution in [-0.2, 0) is 36.8 Å². The summed E-state index contributed by atoms with van der Waals surface area (Å²) in [6, 6.07) is 13.9. The molecular formula is C36H46FN11O5. The zero-order valence-electron chi connectivity index (χ0n) is 29.1. The number of carbonyl (C=O) groups excluding carboxylic acids is 5. The molecule has 1 saturated heterocycles. The summed E-state index contributed by atoms with van der Waals surface area (Å²) in [5.74, 6) is -4.41. The van der Waals surface area contributed by atoms with Gasteiger partial charge in [-0.2, -0.15) is 0 Å². The highest BCUT2D eigenvalue weighted by molar-refractivity contribution is 5.97. The van der Waals surface area contributed by atoms with Gasteiger partial charge in [-0.1, -0.05) is 54.6 Å². The summed E-state index contributed by atoms with van der Waals surface area (Å²) in [5.41, 5.74) is 23.0. The number of nitrogens with two attached hydrogens (primary N) is 4. The van der Waals surface area contributed by atoms with Gasteiger partial charge in [-0.15, -0.1) is 0 Å². The molecule has 1 aliphatic rings. The van der Waals surface area contributed by atoms with Gasteiger partial charge in [0.05, 0.1) is 6.54 Å². The first kappa shape index (κ1) is 39.5. The molecule has 0 unspecified atom stereocenters. The monoisotopic (exact) mass is 731 g/mol. The lowest BCUT2D eigenvalue weighted by Gasteiger charge is -2.26. The van der Waals surface area contributed by atoms with Crippen LogP contribution in [-0.4, -0.2) is 85.3 Å². The Morgan fingerprint density at radius 2 is 1.13 bits per heavy atom. The summed E-state index contributed by atoms with van der Waals surface area (Å²) < 4.78 is 14.1. The maximum atomic E-state index is 14.1. The highest BCUT2D eigenvalue weighted by atomic mass is 19.1. The number of benzene rings is 3. The number of halogens is 1. The van der Waals surface area contributed by atoms with Gasteiger partial charge in [0.1, 0.15) is 30.0 Å². The molecule has 16 nitrogen and oxygen atoms in total. The second-order valence-corrected chi connectivity index (χ2v) is 12.6. The molecule has 1 fully saturated rings. The molecule has 13 N–H and O–H groups in total. The van der Waals surface area contributed by atoms with Gasteiger partial charge in [-0.3, -0.25) is 34.0 Å². The average Bonchev–Trinajstić information content (AvgIpc) is 3.11. The molecular weight excluding hydrogens is 685 g/mol. The Balaban J connectivity index is 1.68. The molecule has 3 aromatic rings. The van der Waals surface area contributed by atoms with Gasteiger partial charge in [0, 0.05) is 25.9 Å². The normalized spacial score (nSPS) is 20.1. The Kier molecular flexibility index (Phi) is 14.4. The zero-order valence-corrected chi connectivity index (χ0v) is 29.1. The third-order valence-electron chi connectivity index (χ3n) is 8.45. The largest absolute Gasteiger partial charge is 0.370 e. The standard InChI is InChI=1S/C36H46FN11O5/c37-25-9-3-6-21(17-25)18-29-34(53)47-26(10-4-14-42-35(38)39)32(51)46-27(11-5-15-43-36(40)41)33(52)48-28(31(50)44-20-30(49)45-29)19-22-12-13-23-7-1-2-8-24(23)16-22/h1-3,6-9,12-13,16-17,26-29H,4-5,10-11,14-15,18-20H2,(H,44,50)(H,45,49)(H,46,51)(H,47,53)(H,48,52)(H4,38,39,42)(H4,40,41,43)/t26-,27-,28-,29+/m0/s1. The fourth-order valence-corrected chi connectivity index (χ4v) is 5.82. The van der Waals surface area contributed by atoms with Crippen LogP contribution in [0.5, 0.6) is 0 Å². The molecule has 1 heterocycles. The average molecular weight is 732 g/mol. The molecule has 4 atom stereocenters. The summed E-state index contributed by atoms with van der Waals surface area (Å²) in [6.07, 6.45) is 0.549. The minimum atomic E-state index is -1.28. The second kappa shape index (κ2) is 19.4. The fraction of sp³-hybridized carbons (Fsp3) is 0.361. The van der Waals surface area contributed by atoms with Crippen molar-refractivity contribution < 1.29 is 28.4 Å². The number of aliphatic imine (C=N–C) groups is 2. The van der Waals surface area contributed by atoms with Crippen LogP contribution >= 0.6 is 0 Å². The Hall–Kier alpha value is -6.26. The molecule has 0 radical (unpaired) electrons. The molecule has 0 bridgehead atoms. The van der Waals surface area contributed by atoms with Crippen molar-refractivity contribution in [1.29, 1.82) is 0 Å². The van der Waals surface area contributed by atoms with Crippen LogP contribution in [0.3, 0.4) is 0 Å². The quantitative estimate of drug-likeness (QED) is 0.0623. The molecule has 282 valence electrons. The SMILES string of the molecule is NC(N)=NCCC[C@@H]1NC(=O)[C@H](CCCN=C(N)N)NC(=O)[C@@H](Cc2cccc(F)c2)NC(=O)CNC(=O)[C@H](Cc2ccc3ccccc3c2)NC1=O. The number of guanidine groups is 2. The molecule has 4 rings (SSSR count). The third kappa shape index (κ3) is 12.8. The van der Waals surface area contributed by atoms with Crippen molar-refractivity contribution in [3.05, 3.63) is 83.7 Å². The lowest BCUT2D eigenvalue weighted by Crippen LogP contribution is -2.58. The number of hydrogen-bond donors (Lipinski definition) is 9. The summed E-state index contributed by atoms with van der Waals surface area (Å²) >= 11 is 0. The van der Waals surface area contributed by atoms with E-state index >= 15 is 0 Å². The van der Waals surface area contributed by atoms with Crippen LogP contribution in [0, 0.1) is 5.82 Å². The van der Waals surface area contributed by atoms with E-state index in [9.17, 15) is 28.4 Å². The smallest absolute Gasteiger partial charge is 0.243 e. The molecule has 17 heteroatoms. The van der Waals surface area contributed by atoms with Crippen LogP contribution in [0.1, 0.15) is 36.8 Å². The Bertz CT molecular complexity index is 1840. The van der Waals surface area contributed by atoms with E-state index in [1.165, 1.54) is 18.2 Å². The van der Waals surface area contributed by atoms with Crippen LogP contribution < -0.4 is 49.5 Å². The van der Waals surface area contributed by atoms with Crippen molar-refractivity contribution in [2.45, 2.75) is 62.7 Å². The maximum Gasteiger partial charge on any atom is 0.243 e.